The molecule has 1 atom stereocenters. The molecule has 0 amide bonds. The lowest BCUT2D eigenvalue weighted by Gasteiger charge is -2.32. The van der Waals surface area contributed by atoms with Crippen LogP contribution in [0.25, 0.3) is 10.2 Å². The number of benzene rings is 2. The maximum absolute atomic E-state index is 5.89. The fourth-order valence-electron chi connectivity index (χ4n) is 3.74. The summed E-state index contributed by atoms with van der Waals surface area (Å²) in [5.41, 5.74) is 2.31. The fraction of sp³-hybridized carbons (Fsp3) is 0.435. The van der Waals surface area contributed by atoms with Gasteiger partial charge in [0.1, 0.15) is 10.8 Å². The van der Waals surface area contributed by atoms with Crippen LogP contribution in [0, 0.1) is 0 Å². The van der Waals surface area contributed by atoms with Gasteiger partial charge in [-0.25, -0.2) is 4.98 Å². The molecule has 5 heteroatoms. The van der Waals surface area contributed by atoms with Crippen LogP contribution in [0.5, 0.6) is 5.75 Å². The molecule has 0 saturated carbocycles. The first-order valence-corrected chi connectivity index (χ1v) is 11.1. The van der Waals surface area contributed by atoms with Crippen LogP contribution in [0.4, 0.5) is 0 Å². The van der Waals surface area contributed by atoms with Crippen LogP contribution in [0.3, 0.4) is 0 Å². The number of rotatable bonds is 7. The number of ether oxygens (including phenoxy) is 1. The molecule has 1 aliphatic rings. The van der Waals surface area contributed by atoms with Crippen molar-refractivity contribution in [3.63, 3.8) is 0 Å². The van der Waals surface area contributed by atoms with Gasteiger partial charge in [-0.05, 0) is 69.2 Å². The number of piperidine rings is 1. The van der Waals surface area contributed by atoms with E-state index in [-0.39, 0.29) is 6.04 Å². The summed E-state index contributed by atoms with van der Waals surface area (Å²) < 4.78 is 7.14. The van der Waals surface area contributed by atoms with Crippen LogP contribution >= 0.6 is 11.3 Å². The maximum Gasteiger partial charge on any atom is 0.119 e. The topological polar surface area (TPSA) is 37.4 Å². The van der Waals surface area contributed by atoms with E-state index >= 15 is 0 Å². The van der Waals surface area contributed by atoms with E-state index in [9.17, 15) is 0 Å². The van der Waals surface area contributed by atoms with Gasteiger partial charge in [0.25, 0.3) is 0 Å². The minimum absolute atomic E-state index is 0.0935. The molecule has 28 heavy (non-hydrogen) atoms. The minimum Gasteiger partial charge on any atom is -0.494 e. The van der Waals surface area contributed by atoms with E-state index in [2.05, 4.69) is 66.7 Å². The molecule has 2 aromatic carbocycles. The number of nitrogens with zero attached hydrogens (tertiary/aromatic N) is 2. The smallest absolute Gasteiger partial charge is 0.119 e. The van der Waals surface area contributed by atoms with Crippen LogP contribution in [-0.2, 0) is 0 Å². The zero-order chi connectivity index (χ0) is 19.3. The highest BCUT2D eigenvalue weighted by Crippen LogP contribution is 2.32. The van der Waals surface area contributed by atoms with Crippen molar-refractivity contribution in [2.75, 3.05) is 26.7 Å². The Morgan fingerprint density at radius 3 is 2.79 bits per heavy atom. The molecule has 0 radical (unpaired) electrons. The van der Waals surface area contributed by atoms with Crippen molar-refractivity contribution >= 4 is 21.6 Å². The second kappa shape index (κ2) is 9.03. The standard InChI is InChI=1S/C23H29N3OS/c1-3-15-27-19-8-6-7-17(16-19)22(24-18-11-13-26(2)14-12-18)23-25-20-9-4-5-10-21(20)28-23/h4-10,16,18,22,24H,3,11-15H2,1-2H3. The van der Waals surface area contributed by atoms with Gasteiger partial charge in [-0.1, -0.05) is 31.2 Å². The van der Waals surface area contributed by atoms with Gasteiger partial charge in [0.2, 0.25) is 0 Å². The van der Waals surface area contributed by atoms with Crippen molar-refractivity contribution in [2.24, 2.45) is 0 Å². The number of hydrogen-bond donors (Lipinski definition) is 1. The molecule has 4 nitrogen and oxygen atoms in total. The summed E-state index contributed by atoms with van der Waals surface area (Å²) in [4.78, 5) is 7.37. The maximum atomic E-state index is 5.89. The average molecular weight is 396 g/mol. The molecule has 0 aliphatic carbocycles. The van der Waals surface area contributed by atoms with Gasteiger partial charge < -0.3 is 15.0 Å². The lowest BCUT2D eigenvalue weighted by atomic mass is 10.0. The molecule has 1 fully saturated rings. The lowest BCUT2D eigenvalue weighted by Crippen LogP contribution is -2.42. The van der Waals surface area contributed by atoms with Gasteiger partial charge in [0.15, 0.2) is 0 Å². The fourth-order valence-corrected chi connectivity index (χ4v) is 4.79. The summed E-state index contributed by atoms with van der Waals surface area (Å²) in [6.45, 7) is 5.17. The SMILES string of the molecule is CCCOc1cccc(C(NC2CCN(C)CC2)c2nc3ccccc3s2)c1. The van der Waals surface area contributed by atoms with Gasteiger partial charge in [0.05, 0.1) is 22.9 Å². The summed E-state index contributed by atoms with van der Waals surface area (Å²) in [5.74, 6) is 0.940. The van der Waals surface area contributed by atoms with Crippen molar-refractivity contribution in [2.45, 2.75) is 38.3 Å². The Hall–Kier alpha value is -1.95. The van der Waals surface area contributed by atoms with E-state index in [0.29, 0.717) is 6.04 Å². The summed E-state index contributed by atoms with van der Waals surface area (Å²) >= 11 is 1.79. The van der Waals surface area contributed by atoms with Crippen LogP contribution in [0.1, 0.15) is 42.8 Å². The largest absolute Gasteiger partial charge is 0.494 e. The Bertz CT molecular complexity index is 869. The minimum atomic E-state index is 0.0935. The molecule has 1 N–H and O–H groups in total. The van der Waals surface area contributed by atoms with Crippen molar-refractivity contribution in [1.82, 2.24) is 15.2 Å². The second-order valence-electron chi connectivity index (χ2n) is 7.62. The summed E-state index contributed by atoms with van der Waals surface area (Å²) in [6, 6.07) is 17.5. The van der Waals surface area contributed by atoms with E-state index < -0.39 is 0 Å². The number of thiazole rings is 1. The highest BCUT2D eigenvalue weighted by molar-refractivity contribution is 7.18. The van der Waals surface area contributed by atoms with E-state index in [1.54, 1.807) is 11.3 Å². The number of fused-ring (bicyclic) bond motifs is 1. The highest BCUT2D eigenvalue weighted by atomic mass is 32.1. The molecule has 148 valence electrons. The van der Waals surface area contributed by atoms with Crippen LogP contribution in [-0.4, -0.2) is 42.7 Å². The number of likely N-dealkylation sites (tertiary alicyclic amines) is 1. The molecular weight excluding hydrogens is 366 g/mol. The molecule has 1 aliphatic heterocycles. The van der Waals surface area contributed by atoms with Crippen LogP contribution in [0.15, 0.2) is 48.5 Å². The van der Waals surface area contributed by atoms with E-state index in [4.69, 9.17) is 9.72 Å². The average Bonchev–Trinajstić information content (AvgIpc) is 3.16. The third-order valence-corrected chi connectivity index (χ3v) is 6.44. The van der Waals surface area contributed by atoms with Gasteiger partial charge in [-0.15, -0.1) is 11.3 Å². The van der Waals surface area contributed by atoms with Crippen molar-refractivity contribution in [3.05, 3.63) is 59.1 Å². The van der Waals surface area contributed by atoms with Crippen molar-refractivity contribution in [1.29, 1.82) is 0 Å². The predicted octanol–water partition coefficient (Wildman–Crippen LogP) is 4.86. The molecule has 0 bridgehead atoms. The Labute approximate surface area is 171 Å². The van der Waals surface area contributed by atoms with E-state index in [1.807, 2.05) is 6.07 Å². The molecule has 0 spiro atoms. The second-order valence-corrected chi connectivity index (χ2v) is 8.68. The normalized spacial score (nSPS) is 17.1. The first-order chi connectivity index (χ1) is 13.7. The Morgan fingerprint density at radius 2 is 2.00 bits per heavy atom. The first kappa shape index (κ1) is 19.4. The number of aromatic nitrogens is 1. The van der Waals surface area contributed by atoms with Gasteiger partial charge >= 0.3 is 0 Å². The summed E-state index contributed by atoms with van der Waals surface area (Å²) in [7, 11) is 2.20. The zero-order valence-corrected chi connectivity index (χ0v) is 17.5. The summed E-state index contributed by atoms with van der Waals surface area (Å²) in [6.07, 6.45) is 3.35. The predicted molar refractivity (Wildman–Crippen MR) is 117 cm³/mol. The lowest BCUT2D eigenvalue weighted by molar-refractivity contribution is 0.229. The number of nitrogens with one attached hydrogen (secondary N) is 1. The van der Waals surface area contributed by atoms with Gasteiger partial charge in [0, 0.05) is 6.04 Å². The molecular formula is C23H29N3OS. The third kappa shape index (κ3) is 4.54. The molecule has 2 heterocycles. The molecule has 1 unspecified atom stereocenters. The molecule has 1 aromatic heterocycles. The van der Waals surface area contributed by atoms with Gasteiger partial charge in [-0.3, -0.25) is 0 Å². The van der Waals surface area contributed by atoms with Crippen molar-refractivity contribution in [3.8, 4) is 5.75 Å². The molecule has 3 aromatic rings. The highest BCUT2D eigenvalue weighted by Gasteiger charge is 2.25. The Kier molecular flexibility index (Phi) is 6.25. The zero-order valence-electron chi connectivity index (χ0n) is 16.7. The third-order valence-electron chi connectivity index (χ3n) is 5.34. The van der Waals surface area contributed by atoms with Crippen LogP contribution in [0.2, 0.25) is 0 Å². The number of hydrogen-bond acceptors (Lipinski definition) is 5. The summed E-state index contributed by atoms with van der Waals surface area (Å²) in [5, 5.41) is 5.05. The number of para-hydroxylation sites is 1. The first-order valence-electron chi connectivity index (χ1n) is 10.3. The quantitative estimate of drug-likeness (QED) is 0.620. The van der Waals surface area contributed by atoms with E-state index in [1.165, 1.54) is 23.1 Å². The van der Waals surface area contributed by atoms with Crippen LogP contribution < -0.4 is 10.1 Å². The van der Waals surface area contributed by atoms with Gasteiger partial charge in [-0.2, -0.15) is 0 Å². The molecule has 1 saturated heterocycles. The van der Waals surface area contributed by atoms with E-state index in [0.717, 1.165) is 42.4 Å². The molecule has 4 rings (SSSR count). The van der Waals surface area contributed by atoms with Crippen molar-refractivity contribution < 1.29 is 4.74 Å². The Balaban J connectivity index is 1.64. The monoisotopic (exact) mass is 395 g/mol. The Morgan fingerprint density at radius 1 is 1.18 bits per heavy atom.